The molecule has 1 atom stereocenters. The summed E-state index contributed by atoms with van der Waals surface area (Å²) in [4.78, 5) is 0.194. The Morgan fingerprint density at radius 3 is 2.26 bits per heavy atom. The highest BCUT2D eigenvalue weighted by Crippen LogP contribution is 2.32. The van der Waals surface area contributed by atoms with E-state index in [-0.39, 0.29) is 4.83 Å². The predicted octanol–water partition coefficient (Wildman–Crippen LogP) is 6.02. The molecular formula is C17H18BrCl. The molecule has 0 spiro atoms. The summed E-state index contributed by atoms with van der Waals surface area (Å²) in [6.45, 7) is 4.49. The number of rotatable bonds is 4. The maximum Gasteiger partial charge on any atom is 0.0645 e. The summed E-state index contributed by atoms with van der Waals surface area (Å²) in [5.41, 5.74) is 3.84. The summed E-state index contributed by atoms with van der Waals surface area (Å²) in [7, 11) is 0. The SMILES string of the molecule is CC(C)Cc1ccc(C(Br)c2cccc(Cl)c2)cc1. The van der Waals surface area contributed by atoms with Crippen LogP contribution in [0, 0.1) is 5.92 Å². The van der Waals surface area contributed by atoms with Crippen molar-refractivity contribution in [3.8, 4) is 0 Å². The molecule has 0 aliphatic heterocycles. The number of alkyl halides is 1. The smallest absolute Gasteiger partial charge is 0.0645 e. The Labute approximate surface area is 128 Å². The van der Waals surface area contributed by atoms with E-state index < -0.39 is 0 Å². The first-order chi connectivity index (χ1) is 9.06. The molecule has 0 radical (unpaired) electrons. The first kappa shape index (κ1) is 14.6. The highest BCUT2D eigenvalue weighted by atomic mass is 79.9. The van der Waals surface area contributed by atoms with E-state index in [0.29, 0.717) is 5.92 Å². The second-order valence-corrected chi connectivity index (χ2v) is 6.61. The van der Waals surface area contributed by atoms with Gasteiger partial charge in [0.1, 0.15) is 0 Å². The van der Waals surface area contributed by atoms with Gasteiger partial charge in [0.05, 0.1) is 4.83 Å². The molecule has 100 valence electrons. The molecule has 1 unspecified atom stereocenters. The van der Waals surface area contributed by atoms with Gasteiger partial charge in [0.25, 0.3) is 0 Å². The summed E-state index contributed by atoms with van der Waals surface area (Å²) in [6, 6.07) is 16.8. The largest absolute Gasteiger partial charge is 0.0843 e. The van der Waals surface area contributed by atoms with Gasteiger partial charge in [-0.15, -0.1) is 0 Å². The molecule has 0 saturated heterocycles. The molecule has 2 rings (SSSR count). The Balaban J connectivity index is 2.17. The highest BCUT2D eigenvalue weighted by molar-refractivity contribution is 9.09. The Bertz CT molecular complexity index is 531. The van der Waals surface area contributed by atoms with E-state index in [4.69, 9.17) is 11.6 Å². The van der Waals surface area contributed by atoms with Gasteiger partial charge >= 0.3 is 0 Å². The normalized spacial score (nSPS) is 12.7. The highest BCUT2D eigenvalue weighted by Gasteiger charge is 2.10. The minimum Gasteiger partial charge on any atom is -0.0843 e. The lowest BCUT2D eigenvalue weighted by atomic mass is 9.99. The van der Waals surface area contributed by atoms with E-state index in [2.05, 4.69) is 60.1 Å². The molecule has 19 heavy (non-hydrogen) atoms. The van der Waals surface area contributed by atoms with Gasteiger partial charge in [0, 0.05) is 5.02 Å². The first-order valence-corrected chi connectivity index (χ1v) is 7.84. The van der Waals surface area contributed by atoms with Gasteiger partial charge in [0.2, 0.25) is 0 Å². The van der Waals surface area contributed by atoms with Crippen molar-refractivity contribution in [3.05, 3.63) is 70.2 Å². The van der Waals surface area contributed by atoms with E-state index in [1.54, 1.807) is 0 Å². The van der Waals surface area contributed by atoms with Crippen LogP contribution in [-0.4, -0.2) is 0 Å². The van der Waals surface area contributed by atoms with Gasteiger partial charge in [-0.1, -0.05) is 77.8 Å². The van der Waals surface area contributed by atoms with Gasteiger partial charge < -0.3 is 0 Å². The van der Waals surface area contributed by atoms with Gasteiger partial charge in [-0.05, 0) is 41.2 Å². The Morgan fingerprint density at radius 2 is 1.68 bits per heavy atom. The third-order valence-corrected chi connectivity index (χ3v) is 4.35. The third kappa shape index (κ3) is 4.09. The molecule has 0 nitrogen and oxygen atoms in total. The minimum absolute atomic E-state index is 0.194. The maximum absolute atomic E-state index is 6.04. The van der Waals surface area contributed by atoms with Crippen molar-refractivity contribution in [1.29, 1.82) is 0 Å². The molecule has 0 saturated carbocycles. The third-order valence-electron chi connectivity index (χ3n) is 3.06. The van der Waals surface area contributed by atoms with E-state index in [0.717, 1.165) is 11.4 Å². The van der Waals surface area contributed by atoms with E-state index in [1.165, 1.54) is 16.7 Å². The summed E-state index contributed by atoms with van der Waals surface area (Å²) in [5.74, 6) is 0.693. The van der Waals surface area contributed by atoms with Crippen LogP contribution in [0.25, 0.3) is 0 Å². The molecule has 0 bridgehead atoms. The Hall–Kier alpha value is -0.790. The molecule has 0 amide bonds. The molecule has 0 heterocycles. The minimum atomic E-state index is 0.194. The van der Waals surface area contributed by atoms with Crippen LogP contribution in [0.2, 0.25) is 5.02 Å². The Kier molecular flexibility index (Phi) is 5.06. The lowest BCUT2D eigenvalue weighted by Crippen LogP contribution is -1.96. The quantitative estimate of drug-likeness (QED) is 0.598. The van der Waals surface area contributed by atoms with Gasteiger partial charge in [-0.2, -0.15) is 0 Å². The molecule has 0 fully saturated rings. The molecule has 2 heteroatoms. The fourth-order valence-electron chi connectivity index (χ4n) is 2.15. The van der Waals surface area contributed by atoms with Gasteiger partial charge in [0.15, 0.2) is 0 Å². The van der Waals surface area contributed by atoms with Crippen LogP contribution in [0.4, 0.5) is 0 Å². The summed E-state index contributed by atoms with van der Waals surface area (Å²) in [6.07, 6.45) is 1.13. The first-order valence-electron chi connectivity index (χ1n) is 6.54. The van der Waals surface area contributed by atoms with Crippen LogP contribution >= 0.6 is 27.5 Å². The maximum atomic E-state index is 6.04. The van der Waals surface area contributed by atoms with Gasteiger partial charge in [-0.25, -0.2) is 0 Å². The van der Waals surface area contributed by atoms with Crippen LogP contribution in [0.3, 0.4) is 0 Å². The Morgan fingerprint density at radius 1 is 1.00 bits per heavy atom. The van der Waals surface area contributed by atoms with Crippen molar-refractivity contribution in [2.45, 2.75) is 25.1 Å². The van der Waals surface area contributed by atoms with Crippen LogP contribution in [0.15, 0.2) is 48.5 Å². The van der Waals surface area contributed by atoms with Gasteiger partial charge in [-0.3, -0.25) is 0 Å². The second kappa shape index (κ2) is 6.58. The van der Waals surface area contributed by atoms with Crippen LogP contribution in [-0.2, 0) is 6.42 Å². The zero-order valence-electron chi connectivity index (χ0n) is 11.2. The van der Waals surface area contributed by atoms with Crippen molar-refractivity contribution in [2.24, 2.45) is 5.92 Å². The lowest BCUT2D eigenvalue weighted by molar-refractivity contribution is 0.647. The summed E-state index contributed by atoms with van der Waals surface area (Å²) >= 11 is 9.78. The zero-order chi connectivity index (χ0) is 13.8. The molecule has 2 aromatic carbocycles. The van der Waals surface area contributed by atoms with Crippen LogP contribution < -0.4 is 0 Å². The molecule has 2 aromatic rings. The van der Waals surface area contributed by atoms with Crippen molar-refractivity contribution < 1.29 is 0 Å². The lowest BCUT2D eigenvalue weighted by Gasteiger charge is -2.12. The average molecular weight is 338 g/mol. The predicted molar refractivity (Wildman–Crippen MR) is 87.2 cm³/mol. The summed E-state index contributed by atoms with van der Waals surface area (Å²) in [5, 5.41) is 0.776. The number of benzene rings is 2. The fourth-order valence-corrected chi connectivity index (χ4v) is 2.94. The molecule has 0 aromatic heterocycles. The topological polar surface area (TPSA) is 0 Å². The van der Waals surface area contributed by atoms with Crippen LogP contribution in [0.5, 0.6) is 0 Å². The molecule has 0 aliphatic carbocycles. The standard InChI is InChI=1S/C17H18BrCl/c1-12(2)10-13-6-8-14(9-7-13)17(18)15-4-3-5-16(19)11-15/h3-9,11-12,17H,10H2,1-2H3. The van der Waals surface area contributed by atoms with Crippen molar-refractivity contribution in [2.75, 3.05) is 0 Å². The van der Waals surface area contributed by atoms with Crippen LogP contribution in [0.1, 0.15) is 35.4 Å². The van der Waals surface area contributed by atoms with Crippen molar-refractivity contribution >= 4 is 27.5 Å². The molecule has 0 aliphatic rings. The van der Waals surface area contributed by atoms with Crippen molar-refractivity contribution in [3.63, 3.8) is 0 Å². The van der Waals surface area contributed by atoms with E-state index in [9.17, 15) is 0 Å². The summed E-state index contributed by atoms with van der Waals surface area (Å²) < 4.78 is 0. The number of halogens is 2. The average Bonchev–Trinajstić information content (AvgIpc) is 2.38. The second-order valence-electron chi connectivity index (χ2n) is 5.26. The van der Waals surface area contributed by atoms with Crippen molar-refractivity contribution in [1.82, 2.24) is 0 Å². The van der Waals surface area contributed by atoms with E-state index >= 15 is 0 Å². The van der Waals surface area contributed by atoms with E-state index in [1.807, 2.05) is 18.2 Å². The monoisotopic (exact) mass is 336 g/mol. The number of hydrogen-bond donors (Lipinski definition) is 0. The molecule has 0 N–H and O–H groups in total. The zero-order valence-corrected chi connectivity index (χ0v) is 13.6. The number of hydrogen-bond acceptors (Lipinski definition) is 0. The fraction of sp³-hybridized carbons (Fsp3) is 0.294. The molecular weight excluding hydrogens is 320 g/mol.